The van der Waals surface area contributed by atoms with Gasteiger partial charge >= 0.3 is 0 Å². The van der Waals surface area contributed by atoms with Gasteiger partial charge in [0, 0.05) is 11.3 Å². The van der Waals surface area contributed by atoms with Gasteiger partial charge in [-0.2, -0.15) is 12.6 Å². The predicted molar refractivity (Wildman–Crippen MR) is 70.2 cm³/mol. The number of amides is 1. The van der Waals surface area contributed by atoms with E-state index in [1.165, 1.54) is 0 Å². The summed E-state index contributed by atoms with van der Waals surface area (Å²) in [5.74, 6) is -0.0902. The maximum absolute atomic E-state index is 11.7. The van der Waals surface area contributed by atoms with Crippen molar-refractivity contribution in [3.63, 3.8) is 0 Å². The van der Waals surface area contributed by atoms with Crippen molar-refractivity contribution in [1.29, 1.82) is 0 Å². The summed E-state index contributed by atoms with van der Waals surface area (Å²) in [6.07, 6.45) is 0.473. The third-order valence-electron chi connectivity index (χ3n) is 2.57. The molecular weight excluding hydrogens is 238 g/mol. The van der Waals surface area contributed by atoms with Gasteiger partial charge in [0.05, 0.1) is 6.61 Å². The van der Waals surface area contributed by atoms with Crippen LogP contribution in [0.5, 0.6) is 0 Å². The van der Waals surface area contributed by atoms with Crippen molar-refractivity contribution in [2.75, 3.05) is 19.9 Å². The number of hydrogen-bond acceptors (Lipinski definition) is 4. The summed E-state index contributed by atoms with van der Waals surface area (Å²) in [6, 6.07) is 0. The monoisotopic (exact) mass is 261 g/mol. The third-order valence-corrected chi connectivity index (χ3v) is 2.72. The maximum Gasteiger partial charge on any atom is 0.251 e. The zero-order valence-corrected chi connectivity index (χ0v) is 12.0. The molecule has 100 valence electrons. The molecule has 17 heavy (non-hydrogen) atoms. The zero-order chi connectivity index (χ0) is 13.1. The molecule has 0 aromatic rings. The summed E-state index contributed by atoms with van der Waals surface area (Å²) in [6.45, 7) is 9.58. The first-order valence-corrected chi connectivity index (χ1v) is 6.34. The van der Waals surface area contributed by atoms with Crippen molar-refractivity contribution >= 4 is 18.5 Å². The lowest BCUT2D eigenvalue weighted by Gasteiger charge is -2.32. The first kappa shape index (κ1) is 14.8. The molecule has 1 amide bonds. The van der Waals surface area contributed by atoms with Gasteiger partial charge in [-0.05, 0) is 11.8 Å². The highest BCUT2D eigenvalue weighted by atomic mass is 32.1. The van der Waals surface area contributed by atoms with Gasteiger partial charge in [-0.25, -0.2) is 0 Å². The molecule has 0 radical (unpaired) electrons. The van der Waals surface area contributed by atoms with Crippen LogP contribution < -0.4 is 5.32 Å². The number of hydrogen-bond donors (Lipinski definition) is 2. The zero-order valence-electron chi connectivity index (χ0n) is 11.1. The van der Waals surface area contributed by atoms with E-state index >= 15 is 0 Å². The smallest absolute Gasteiger partial charge is 0.251 e. The summed E-state index contributed by atoms with van der Waals surface area (Å²) < 4.78 is 10.1. The van der Waals surface area contributed by atoms with Gasteiger partial charge in [0.2, 0.25) is 0 Å². The van der Waals surface area contributed by atoms with Crippen molar-refractivity contribution < 1.29 is 14.3 Å². The average Bonchev–Trinajstić information content (AvgIpc) is 2.63. The molecule has 1 rings (SSSR count). The molecule has 0 aliphatic carbocycles. The van der Waals surface area contributed by atoms with Gasteiger partial charge in [-0.1, -0.05) is 27.7 Å². The van der Waals surface area contributed by atoms with E-state index in [0.717, 1.165) is 6.42 Å². The minimum Gasteiger partial charge on any atom is -0.353 e. The van der Waals surface area contributed by atoms with Crippen LogP contribution in [0.25, 0.3) is 0 Å². The first-order chi connectivity index (χ1) is 7.70. The number of rotatable bonds is 5. The summed E-state index contributed by atoms with van der Waals surface area (Å²) in [5, 5.41) is 2.91. The van der Waals surface area contributed by atoms with Crippen LogP contribution >= 0.6 is 12.6 Å². The van der Waals surface area contributed by atoms with E-state index < -0.39 is 6.10 Å². The largest absolute Gasteiger partial charge is 0.353 e. The molecule has 5 heteroatoms. The second-order valence-electron chi connectivity index (χ2n) is 6.02. The molecule has 1 aliphatic heterocycles. The molecule has 0 aromatic carbocycles. The number of nitrogens with one attached hydrogen (secondary N) is 1. The minimum absolute atomic E-state index is 0.0143. The van der Waals surface area contributed by atoms with Gasteiger partial charge in [0.1, 0.15) is 6.79 Å². The molecular formula is C12H23NO3S. The van der Waals surface area contributed by atoms with Crippen LogP contribution in [-0.2, 0) is 14.3 Å². The lowest BCUT2D eigenvalue weighted by molar-refractivity contribution is -0.130. The normalized spacial score (nSPS) is 21.6. The second kappa shape index (κ2) is 5.59. The van der Waals surface area contributed by atoms with Crippen LogP contribution in [-0.4, -0.2) is 36.7 Å². The molecule has 1 aliphatic rings. The SMILES string of the molecule is CC(C)(S)CC(C)(C)CNC(=O)C1COCO1. The Bertz CT molecular complexity index is 267. The fraction of sp³-hybridized carbons (Fsp3) is 0.917. The fourth-order valence-electron chi connectivity index (χ4n) is 2.16. The number of carbonyl (C=O) groups is 1. The topological polar surface area (TPSA) is 47.6 Å². The molecule has 4 nitrogen and oxygen atoms in total. The van der Waals surface area contributed by atoms with E-state index in [2.05, 4.69) is 45.6 Å². The first-order valence-electron chi connectivity index (χ1n) is 5.89. The van der Waals surface area contributed by atoms with Crippen molar-refractivity contribution in [1.82, 2.24) is 5.32 Å². The van der Waals surface area contributed by atoms with Crippen molar-refractivity contribution in [3.05, 3.63) is 0 Å². The molecule has 0 bridgehead atoms. The van der Waals surface area contributed by atoms with Crippen molar-refractivity contribution in [2.24, 2.45) is 5.41 Å². The van der Waals surface area contributed by atoms with Crippen LogP contribution in [0.15, 0.2) is 0 Å². The van der Waals surface area contributed by atoms with Crippen LogP contribution in [0.4, 0.5) is 0 Å². The highest BCUT2D eigenvalue weighted by molar-refractivity contribution is 7.81. The van der Waals surface area contributed by atoms with Crippen LogP contribution in [0.1, 0.15) is 34.1 Å². The van der Waals surface area contributed by atoms with E-state index in [9.17, 15) is 4.79 Å². The third kappa shape index (κ3) is 5.75. The number of ether oxygens (including phenoxy) is 2. The highest BCUT2D eigenvalue weighted by Gasteiger charge is 2.29. The number of carbonyl (C=O) groups excluding carboxylic acids is 1. The van der Waals surface area contributed by atoms with Gasteiger partial charge in [0.15, 0.2) is 6.10 Å². The minimum atomic E-state index is -0.449. The quantitative estimate of drug-likeness (QED) is 0.739. The molecule has 1 heterocycles. The summed E-state index contributed by atoms with van der Waals surface area (Å²) in [7, 11) is 0. The lowest BCUT2D eigenvalue weighted by Crippen LogP contribution is -2.42. The lowest BCUT2D eigenvalue weighted by atomic mass is 9.83. The highest BCUT2D eigenvalue weighted by Crippen LogP contribution is 2.31. The second-order valence-corrected chi connectivity index (χ2v) is 7.23. The Hall–Kier alpha value is -0.260. The summed E-state index contributed by atoms with van der Waals surface area (Å²) >= 11 is 4.52. The van der Waals surface area contributed by atoms with Gasteiger partial charge in [0.25, 0.3) is 5.91 Å². The van der Waals surface area contributed by atoms with Crippen LogP contribution in [0.3, 0.4) is 0 Å². The Balaban J connectivity index is 2.35. The van der Waals surface area contributed by atoms with Crippen LogP contribution in [0.2, 0.25) is 0 Å². The Morgan fingerprint density at radius 2 is 2.06 bits per heavy atom. The van der Waals surface area contributed by atoms with Crippen LogP contribution in [0, 0.1) is 5.41 Å². The molecule has 1 atom stereocenters. The van der Waals surface area contributed by atoms with E-state index in [1.807, 2.05) is 0 Å². The predicted octanol–water partition coefficient (Wildman–Crippen LogP) is 1.60. The van der Waals surface area contributed by atoms with Gasteiger partial charge in [-0.3, -0.25) is 4.79 Å². The van der Waals surface area contributed by atoms with Crippen molar-refractivity contribution in [3.8, 4) is 0 Å². The molecule has 0 saturated carbocycles. The summed E-state index contributed by atoms with van der Waals surface area (Å²) in [4.78, 5) is 11.7. The average molecular weight is 261 g/mol. The Labute approximate surface area is 109 Å². The Kier molecular flexibility index (Phi) is 4.86. The van der Waals surface area contributed by atoms with E-state index in [-0.39, 0.29) is 22.9 Å². The Morgan fingerprint density at radius 1 is 1.41 bits per heavy atom. The Morgan fingerprint density at radius 3 is 2.53 bits per heavy atom. The summed E-state index contributed by atoms with van der Waals surface area (Å²) in [5.41, 5.74) is 0.0143. The fourth-order valence-corrected chi connectivity index (χ4v) is 2.59. The van der Waals surface area contributed by atoms with Gasteiger partial charge in [-0.15, -0.1) is 0 Å². The maximum atomic E-state index is 11.7. The van der Waals surface area contributed by atoms with Gasteiger partial charge < -0.3 is 14.8 Å². The molecule has 0 aromatic heterocycles. The molecule has 1 unspecified atom stereocenters. The molecule has 1 N–H and O–H groups in total. The molecule has 0 spiro atoms. The standard InChI is InChI=1S/C12H23NO3S/c1-11(2,6-12(3,4)17)7-13-10(14)9-5-15-8-16-9/h9,17H,5-8H2,1-4H3,(H,13,14). The van der Waals surface area contributed by atoms with E-state index in [1.54, 1.807) is 0 Å². The van der Waals surface area contributed by atoms with Crippen molar-refractivity contribution in [2.45, 2.75) is 45.0 Å². The molecule has 1 saturated heterocycles. The van der Waals surface area contributed by atoms with E-state index in [0.29, 0.717) is 13.2 Å². The van der Waals surface area contributed by atoms with E-state index in [4.69, 9.17) is 9.47 Å². The number of thiol groups is 1. The molecule has 1 fully saturated rings.